The number of rotatable bonds is 6. The Hall–Kier alpha value is -1.22. The fourth-order valence-corrected chi connectivity index (χ4v) is 2.64. The van der Waals surface area contributed by atoms with Gasteiger partial charge >= 0.3 is 0 Å². The number of aryl methyl sites for hydroxylation is 1. The summed E-state index contributed by atoms with van der Waals surface area (Å²) < 4.78 is 5.24. The molecular formula is C16H26N2O. The topological polar surface area (TPSA) is 24.5 Å². The van der Waals surface area contributed by atoms with E-state index in [0.29, 0.717) is 6.04 Å². The monoisotopic (exact) mass is 262 g/mol. The van der Waals surface area contributed by atoms with Crippen LogP contribution in [0.1, 0.15) is 32.3 Å². The molecule has 19 heavy (non-hydrogen) atoms. The Kier molecular flexibility index (Phi) is 5.08. The number of nitrogens with one attached hydrogen (secondary N) is 1. The maximum absolute atomic E-state index is 5.24. The van der Waals surface area contributed by atoms with Gasteiger partial charge in [-0.15, -0.1) is 0 Å². The highest BCUT2D eigenvalue weighted by Crippen LogP contribution is 2.28. The molecule has 1 heterocycles. The van der Waals surface area contributed by atoms with Crippen molar-refractivity contribution in [2.24, 2.45) is 0 Å². The van der Waals surface area contributed by atoms with E-state index in [4.69, 9.17) is 4.74 Å². The van der Waals surface area contributed by atoms with E-state index in [9.17, 15) is 0 Å². The van der Waals surface area contributed by atoms with Crippen LogP contribution in [0.25, 0.3) is 0 Å². The molecule has 1 unspecified atom stereocenters. The van der Waals surface area contributed by atoms with Crippen molar-refractivity contribution in [3.63, 3.8) is 0 Å². The first-order valence-corrected chi connectivity index (χ1v) is 7.38. The Labute approximate surface area is 116 Å². The van der Waals surface area contributed by atoms with Gasteiger partial charge in [0.15, 0.2) is 0 Å². The minimum Gasteiger partial charge on any atom is -0.385 e. The highest BCUT2D eigenvalue weighted by atomic mass is 16.5. The lowest BCUT2D eigenvalue weighted by Gasteiger charge is -2.32. The van der Waals surface area contributed by atoms with Crippen LogP contribution in [0.4, 0.5) is 11.4 Å². The van der Waals surface area contributed by atoms with Crippen LogP contribution in [0.15, 0.2) is 18.2 Å². The maximum Gasteiger partial charge on any atom is 0.0637 e. The van der Waals surface area contributed by atoms with Crippen LogP contribution < -0.4 is 10.2 Å². The van der Waals surface area contributed by atoms with Crippen molar-refractivity contribution in [3.8, 4) is 0 Å². The highest BCUT2D eigenvalue weighted by Gasteiger charge is 2.15. The third-order valence-corrected chi connectivity index (χ3v) is 4.02. The highest BCUT2D eigenvalue weighted by molar-refractivity contribution is 5.63. The van der Waals surface area contributed by atoms with Crippen molar-refractivity contribution in [2.75, 3.05) is 37.0 Å². The molecule has 1 aromatic carbocycles. The molecule has 0 saturated heterocycles. The first kappa shape index (κ1) is 14.2. The van der Waals surface area contributed by atoms with E-state index in [-0.39, 0.29) is 0 Å². The average molecular weight is 262 g/mol. The van der Waals surface area contributed by atoms with Crippen molar-refractivity contribution in [3.05, 3.63) is 23.8 Å². The van der Waals surface area contributed by atoms with Crippen molar-refractivity contribution in [2.45, 2.75) is 39.2 Å². The molecule has 0 saturated carbocycles. The van der Waals surface area contributed by atoms with E-state index in [1.54, 1.807) is 7.11 Å². The zero-order valence-corrected chi connectivity index (χ0v) is 12.4. The SMILES string of the molecule is CCC(C)N(CCOC)c1ccc2c(c1)NCCC2. The molecule has 1 aliphatic rings. The summed E-state index contributed by atoms with van der Waals surface area (Å²) in [6.45, 7) is 7.33. The Morgan fingerprint density at radius 2 is 2.26 bits per heavy atom. The van der Waals surface area contributed by atoms with E-state index >= 15 is 0 Å². The summed E-state index contributed by atoms with van der Waals surface area (Å²) in [7, 11) is 1.77. The van der Waals surface area contributed by atoms with Crippen LogP contribution in [0.3, 0.4) is 0 Å². The summed E-state index contributed by atoms with van der Waals surface area (Å²) >= 11 is 0. The Morgan fingerprint density at radius 1 is 1.42 bits per heavy atom. The smallest absolute Gasteiger partial charge is 0.0637 e. The summed E-state index contributed by atoms with van der Waals surface area (Å²) in [5.74, 6) is 0. The molecule has 0 spiro atoms. The van der Waals surface area contributed by atoms with Gasteiger partial charge in [0.1, 0.15) is 0 Å². The largest absolute Gasteiger partial charge is 0.385 e. The first-order chi connectivity index (χ1) is 9.26. The zero-order valence-electron chi connectivity index (χ0n) is 12.4. The lowest BCUT2D eigenvalue weighted by molar-refractivity contribution is 0.203. The third-order valence-electron chi connectivity index (χ3n) is 4.02. The number of hydrogen-bond donors (Lipinski definition) is 1. The molecule has 0 bridgehead atoms. The number of nitrogens with zero attached hydrogens (tertiary/aromatic N) is 1. The van der Waals surface area contributed by atoms with Gasteiger partial charge in [0.25, 0.3) is 0 Å². The molecule has 0 fully saturated rings. The molecule has 3 heteroatoms. The third kappa shape index (κ3) is 3.41. The van der Waals surface area contributed by atoms with Gasteiger partial charge < -0.3 is 15.0 Å². The van der Waals surface area contributed by atoms with Crippen molar-refractivity contribution < 1.29 is 4.74 Å². The second kappa shape index (κ2) is 6.80. The second-order valence-corrected chi connectivity index (χ2v) is 5.32. The lowest BCUT2D eigenvalue weighted by Crippen LogP contribution is -2.35. The van der Waals surface area contributed by atoms with Gasteiger partial charge in [0.05, 0.1) is 6.61 Å². The predicted octanol–water partition coefficient (Wildman–Crippen LogP) is 3.30. The molecule has 0 amide bonds. The van der Waals surface area contributed by atoms with Gasteiger partial charge in [-0.05, 0) is 43.9 Å². The average Bonchev–Trinajstić information content (AvgIpc) is 2.47. The zero-order chi connectivity index (χ0) is 13.7. The summed E-state index contributed by atoms with van der Waals surface area (Å²) in [5, 5.41) is 3.51. The Bertz CT molecular complexity index is 406. The minimum absolute atomic E-state index is 0.539. The molecule has 1 aromatic rings. The van der Waals surface area contributed by atoms with Crippen LogP contribution in [0.5, 0.6) is 0 Å². The summed E-state index contributed by atoms with van der Waals surface area (Å²) in [6, 6.07) is 7.37. The standard InChI is InChI=1S/C16H26N2O/c1-4-13(2)18(10-11-19-3)15-8-7-14-6-5-9-17-16(14)12-15/h7-8,12-13,17H,4-6,9-11H2,1-3H3. The van der Waals surface area contributed by atoms with Crippen LogP contribution in [-0.4, -0.2) is 32.8 Å². The van der Waals surface area contributed by atoms with Crippen LogP contribution in [0.2, 0.25) is 0 Å². The Morgan fingerprint density at radius 3 is 3.00 bits per heavy atom. The molecule has 3 nitrogen and oxygen atoms in total. The fraction of sp³-hybridized carbons (Fsp3) is 0.625. The van der Waals surface area contributed by atoms with E-state index in [1.165, 1.54) is 29.8 Å². The molecule has 1 aliphatic heterocycles. The van der Waals surface area contributed by atoms with E-state index in [0.717, 1.165) is 26.1 Å². The van der Waals surface area contributed by atoms with Gasteiger partial charge in [-0.25, -0.2) is 0 Å². The predicted molar refractivity (Wildman–Crippen MR) is 82.2 cm³/mol. The number of methoxy groups -OCH3 is 1. The van der Waals surface area contributed by atoms with Gasteiger partial charge in [0.2, 0.25) is 0 Å². The second-order valence-electron chi connectivity index (χ2n) is 5.32. The number of ether oxygens (including phenoxy) is 1. The molecule has 0 radical (unpaired) electrons. The van der Waals surface area contributed by atoms with Crippen molar-refractivity contribution >= 4 is 11.4 Å². The van der Waals surface area contributed by atoms with E-state index in [1.807, 2.05) is 0 Å². The first-order valence-electron chi connectivity index (χ1n) is 7.38. The molecule has 106 valence electrons. The minimum atomic E-state index is 0.539. The summed E-state index contributed by atoms with van der Waals surface area (Å²) in [4.78, 5) is 2.44. The molecule has 2 rings (SSSR count). The molecule has 0 aromatic heterocycles. The van der Waals surface area contributed by atoms with Gasteiger partial charge in [0, 0.05) is 37.6 Å². The van der Waals surface area contributed by atoms with Crippen LogP contribution >= 0.6 is 0 Å². The molecular weight excluding hydrogens is 236 g/mol. The van der Waals surface area contributed by atoms with Crippen LogP contribution in [0, 0.1) is 0 Å². The number of fused-ring (bicyclic) bond motifs is 1. The normalized spacial score (nSPS) is 15.5. The van der Waals surface area contributed by atoms with E-state index < -0.39 is 0 Å². The maximum atomic E-state index is 5.24. The lowest BCUT2D eigenvalue weighted by atomic mass is 10.0. The molecule has 0 aliphatic carbocycles. The summed E-state index contributed by atoms with van der Waals surface area (Å²) in [5.41, 5.74) is 4.07. The summed E-state index contributed by atoms with van der Waals surface area (Å²) in [6.07, 6.45) is 3.59. The number of anilines is 2. The van der Waals surface area contributed by atoms with Gasteiger partial charge in [-0.2, -0.15) is 0 Å². The number of hydrogen-bond acceptors (Lipinski definition) is 3. The molecule has 1 N–H and O–H groups in total. The van der Waals surface area contributed by atoms with Crippen LogP contribution in [-0.2, 0) is 11.2 Å². The Balaban J connectivity index is 2.20. The van der Waals surface area contributed by atoms with Crippen molar-refractivity contribution in [1.82, 2.24) is 0 Å². The molecule has 1 atom stereocenters. The van der Waals surface area contributed by atoms with Gasteiger partial charge in [-0.1, -0.05) is 13.0 Å². The number of benzene rings is 1. The quantitative estimate of drug-likeness (QED) is 0.851. The van der Waals surface area contributed by atoms with Crippen molar-refractivity contribution in [1.29, 1.82) is 0 Å². The van der Waals surface area contributed by atoms with E-state index in [2.05, 4.69) is 42.3 Å². The fourth-order valence-electron chi connectivity index (χ4n) is 2.64. The van der Waals surface area contributed by atoms with Gasteiger partial charge in [-0.3, -0.25) is 0 Å².